The molecule has 2 atom stereocenters. The molecule has 1 heterocycles. The minimum Gasteiger partial charge on any atom is -0.307 e. The van der Waals surface area contributed by atoms with Crippen molar-refractivity contribution in [2.75, 3.05) is 0 Å². The highest BCUT2D eigenvalue weighted by molar-refractivity contribution is 7.10. The molecule has 0 saturated heterocycles. The highest BCUT2D eigenvalue weighted by Gasteiger charge is 2.07. The monoisotopic (exact) mass is 183 g/mol. The number of thiophene rings is 1. The van der Waals surface area contributed by atoms with Crippen molar-refractivity contribution in [3.05, 3.63) is 22.4 Å². The van der Waals surface area contributed by atoms with Crippen LogP contribution in [0, 0.1) is 0 Å². The molecule has 1 aromatic heterocycles. The van der Waals surface area contributed by atoms with Crippen molar-refractivity contribution < 1.29 is 0 Å². The third kappa shape index (κ3) is 2.61. The quantitative estimate of drug-likeness (QED) is 0.756. The molecule has 0 spiro atoms. The molecule has 1 N–H and O–H groups in total. The van der Waals surface area contributed by atoms with Gasteiger partial charge in [-0.05, 0) is 31.7 Å². The largest absolute Gasteiger partial charge is 0.307 e. The Morgan fingerprint density at radius 1 is 1.50 bits per heavy atom. The van der Waals surface area contributed by atoms with Gasteiger partial charge in [-0.25, -0.2) is 0 Å². The summed E-state index contributed by atoms with van der Waals surface area (Å²) in [4.78, 5) is 1.43. The van der Waals surface area contributed by atoms with E-state index >= 15 is 0 Å². The van der Waals surface area contributed by atoms with Crippen molar-refractivity contribution in [1.82, 2.24) is 5.32 Å². The molecule has 0 radical (unpaired) electrons. The number of hydrogen-bond donors (Lipinski definition) is 1. The zero-order valence-electron chi connectivity index (χ0n) is 8.00. The molecule has 0 fully saturated rings. The summed E-state index contributed by atoms with van der Waals surface area (Å²) in [7, 11) is 0. The average molecular weight is 183 g/mol. The first-order chi connectivity index (χ1) is 5.74. The summed E-state index contributed by atoms with van der Waals surface area (Å²) in [5, 5.41) is 5.67. The van der Waals surface area contributed by atoms with Gasteiger partial charge in [0.1, 0.15) is 0 Å². The molecular formula is C10H17NS. The van der Waals surface area contributed by atoms with Gasteiger partial charge < -0.3 is 5.32 Å². The maximum Gasteiger partial charge on any atom is 0.0388 e. The Morgan fingerprint density at radius 3 is 2.75 bits per heavy atom. The van der Waals surface area contributed by atoms with Crippen molar-refractivity contribution >= 4 is 11.3 Å². The second-order valence-electron chi connectivity index (χ2n) is 3.21. The lowest BCUT2D eigenvalue weighted by molar-refractivity contribution is 0.474. The Bertz CT molecular complexity index is 206. The number of nitrogens with one attached hydrogen (secondary N) is 1. The van der Waals surface area contributed by atoms with Crippen LogP contribution in [0.5, 0.6) is 0 Å². The van der Waals surface area contributed by atoms with Gasteiger partial charge in [0.05, 0.1) is 0 Å². The zero-order chi connectivity index (χ0) is 8.97. The van der Waals surface area contributed by atoms with Crippen molar-refractivity contribution in [2.24, 2.45) is 0 Å². The van der Waals surface area contributed by atoms with Crippen molar-refractivity contribution in [3.63, 3.8) is 0 Å². The van der Waals surface area contributed by atoms with Crippen LogP contribution < -0.4 is 5.32 Å². The molecule has 1 nitrogen and oxygen atoms in total. The van der Waals surface area contributed by atoms with Gasteiger partial charge in [0.2, 0.25) is 0 Å². The molecule has 0 aromatic carbocycles. The number of rotatable bonds is 4. The molecule has 68 valence electrons. The maximum atomic E-state index is 3.54. The Balaban J connectivity index is 2.44. The third-order valence-corrected chi connectivity index (χ3v) is 3.17. The van der Waals surface area contributed by atoms with Crippen LogP contribution >= 0.6 is 11.3 Å². The minimum absolute atomic E-state index is 0.500. The maximum absolute atomic E-state index is 3.54. The van der Waals surface area contributed by atoms with E-state index in [0.717, 1.165) is 0 Å². The molecule has 0 amide bonds. The van der Waals surface area contributed by atoms with E-state index in [-0.39, 0.29) is 0 Å². The first-order valence-corrected chi connectivity index (χ1v) is 5.41. The van der Waals surface area contributed by atoms with E-state index in [1.54, 1.807) is 0 Å². The van der Waals surface area contributed by atoms with Gasteiger partial charge in [0.25, 0.3) is 0 Å². The van der Waals surface area contributed by atoms with Gasteiger partial charge in [0.15, 0.2) is 0 Å². The predicted octanol–water partition coefficient (Wildman–Crippen LogP) is 3.20. The van der Waals surface area contributed by atoms with Crippen molar-refractivity contribution in [1.29, 1.82) is 0 Å². The highest BCUT2D eigenvalue weighted by Crippen LogP contribution is 2.18. The lowest BCUT2D eigenvalue weighted by Gasteiger charge is -2.17. The Morgan fingerprint density at radius 2 is 2.25 bits per heavy atom. The van der Waals surface area contributed by atoms with Crippen LogP contribution in [0.4, 0.5) is 0 Å². The summed E-state index contributed by atoms with van der Waals surface area (Å²) in [6.45, 7) is 6.65. The van der Waals surface area contributed by atoms with Crippen LogP contribution in [0.3, 0.4) is 0 Å². The molecule has 0 aliphatic heterocycles. The molecule has 2 heteroatoms. The molecule has 0 bridgehead atoms. The Labute approximate surface area is 78.8 Å². The topological polar surface area (TPSA) is 12.0 Å². The van der Waals surface area contributed by atoms with E-state index in [2.05, 4.69) is 43.6 Å². The smallest absolute Gasteiger partial charge is 0.0388 e. The third-order valence-electron chi connectivity index (χ3n) is 2.12. The molecule has 1 rings (SSSR count). The van der Waals surface area contributed by atoms with E-state index < -0.39 is 0 Å². The summed E-state index contributed by atoms with van der Waals surface area (Å²) in [6.07, 6.45) is 1.19. The van der Waals surface area contributed by atoms with Gasteiger partial charge >= 0.3 is 0 Å². The van der Waals surface area contributed by atoms with E-state index in [1.165, 1.54) is 11.3 Å². The van der Waals surface area contributed by atoms with Crippen LogP contribution in [0.2, 0.25) is 0 Å². The van der Waals surface area contributed by atoms with Crippen LogP contribution in [0.15, 0.2) is 17.5 Å². The van der Waals surface area contributed by atoms with Gasteiger partial charge in [-0.2, -0.15) is 0 Å². The predicted molar refractivity (Wildman–Crippen MR) is 55.6 cm³/mol. The molecule has 0 saturated carbocycles. The van der Waals surface area contributed by atoms with Gasteiger partial charge in [-0.15, -0.1) is 11.3 Å². The first kappa shape index (κ1) is 9.75. The molecular weight excluding hydrogens is 166 g/mol. The average Bonchev–Trinajstić information content (AvgIpc) is 2.56. The summed E-state index contributed by atoms with van der Waals surface area (Å²) in [5.41, 5.74) is 0. The second-order valence-corrected chi connectivity index (χ2v) is 4.19. The van der Waals surface area contributed by atoms with E-state index in [9.17, 15) is 0 Å². The SMILES string of the molecule is CCC(C)NC(C)c1cccs1. The lowest BCUT2D eigenvalue weighted by atomic mass is 10.2. The fourth-order valence-electron chi connectivity index (χ4n) is 1.16. The molecule has 0 aliphatic rings. The zero-order valence-corrected chi connectivity index (χ0v) is 8.82. The normalized spacial score (nSPS) is 15.9. The van der Waals surface area contributed by atoms with E-state index in [0.29, 0.717) is 12.1 Å². The fraction of sp³-hybridized carbons (Fsp3) is 0.600. The summed E-state index contributed by atoms with van der Waals surface area (Å²) >= 11 is 1.82. The fourth-order valence-corrected chi connectivity index (χ4v) is 1.91. The molecule has 2 unspecified atom stereocenters. The molecule has 12 heavy (non-hydrogen) atoms. The minimum atomic E-state index is 0.500. The first-order valence-electron chi connectivity index (χ1n) is 4.53. The summed E-state index contributed by atoms with van der Waals surface area (Å²) in [6, 6.07) is 5.40. The second kappa shape index (κ2) is 4.63. The number of hydrogen-bond acceptors (Lipinski definition) is 2. The Kier molecular flexibility index (Phi) is 3.76. The van der Waals surface area contributed by atoms with Crippen molar-refractivity contribution in [2.45, 2.75) is 39.3 Å². The van der Waals surface area contributed by atoms with Crippen molar-refractivity contribution in [3.8, 4) is 0 Å². The van der Waals surface area contributed by atoms with Crippen LogP contribution in [0.25, 0.3) is 0 Å². The van der Waals surface area contributed by atoms with Crippen LogP contribution in [0.1, 0.15) is 38.1 Å². The van der Waals surface area contributed by atoms with Gasteiger partial charge in [0, 0.05) is 17.0 Å². The standard InChI is InChI=1S/C10H17NS/c1-4-8(2)11-9(3)10-6-5-7-12-10/h5-9,11H,4H2,1-3H3. The van der Waals surface area contributed by atoms with Crippen LogP contribution in [-0.2, 0) is 0 Å². The molecule has 0 aliphatic carbocycles. The summed E-state index contributed by atoms with van der Waals surface area (Å²) in [5.74, 6) is 0. The Hall–Kier alpha value is -0.340. The van der Waals surface area contributed by atoms with E-state index in [4.69, 9.17) is 0 Å². The van der Waals surface area contributed by atoms with E-state index in [1.807, 2.05) is 11.3 Å². The van der Waals surface area contributed by atoms with Gasteiger partial charge in [-0.1, -0.05) is 13.0 Å². The molecule has 1 aromatic rings. The van der Waals surface area contributed by atoms with Gasteiger partial charge in [-0.3, -0.25) is 0 Å². The lowest BCUT2D eigenvalue weighted by Crippen LogP contribution is -2.27. The highest BCUT2D eigenvalue weighted by atomic mass is 32.1. The summed E-state index contributed by atoms with van der Waals surface area (Å²) < 4.78 is 0. The van der Waals surface area contributed by atoms with Crippen LogP contribution in [-0.4, -0.2) is 6.04 Å².